The zero-order valence-electron chi connectivity index (χ0n) is 19.3. The third-order valence-electron chi connectivity index (χ3n) is 9.52. The third-order valence-corrected chi connectivity index (χ3v) is 9.52. The predicted octanol–water partition coefficient (Wildman–Crippen LogP) is 6.25. The molecular weight excluding hydrogens is 360 g/mol. The Morgan fingerprint density at radius 2 is 1.83 bits per heavy atom. The van der Waals surface area contributed by atoms with Crippen LogP contribution in [0, 0.1) is 40.4 Å². The Morgan fingerprint density at radius 1 is 1.07 bits per heavy atom. The minimum Gasteiger partial charge on any atom is -0.431 e. The molecule has 2 fully saturated rings. The Labute approximate surface area is 177 Å². The smallest absolute Gasteiger partial charge is 0.315 e. The Hall–Kier alpha value is -0.830. The van der Waals surface area contributed by atoms with Crippen LogP contribution < -0.4 is 0 Å². The number of aliphatic hydroxyl groups is 1. The van der Waals surface area contributed by atoms with Crippen molar-refractivity contribution in [3.63, 3.8) is 0 Å². The molecule has 1 heterocycles. The highest BCUT2D eigenvalue weighted by Crippen LogP contribution is 2.64. The van der Waals surface area contributed by atoms with Gasteiger partial charge in [-0.15, -0.1) is 0 Å². The molecule has 3 nitrogen and oxygen atoms in total. The van der Waals surface area contributed by atoms with E-state index in [0.717, 1.165) is 42.8 Å². The van der Waals surface area contributed by atoms with E-state index in [0.29, 0.717) is 12.3 Å². The van der Waals surface area contributed by atoms with Crippen molar-refractivity contribution in [3.05, 3.63) is 11.3 Å². The second-order valence-corrected chi connectivity index (χ2v) is 11.7. The van der Waals surface area contributed by atoms with E-state index in [1.807, 2.05) is 0 Å². The van der Waals surface area contributed by atoms with Gasteiger partial charge in [0.25, 0.3) is 0 Å². The summed E-state index contributed by atoms with van der Waals surface area (Å²) in [7, 11) is 0. The molecule has 0 spiro atoms. The molecule has 3 aliphatic carbocycles. The highest BCUT2D eigenvalue weighted by Gasteiger charge is 2.59. The van der Waals surface area contributed by atoms with Crippen molar-refractivity contribution >= 4 is 5.97 Å². The molecule has 164 valence electrons. The standard InChI is InChI=1S/C26H42O3/c1-16(2)7-6-8-17(3)19-9-10-20-23-21(12-14-25(19,20)4)26(5)13-11-18(27)15-22(26)24(28)29-23/h16-20,22,27H,6-15H2,1-5H3/t17-,18-,19-,20+,22-,25-,26-/m1/s1. The second kappa shape index (κ2) is 7.70. The average molecular weight is 403 g/mol. The largest absolute Gasteiger partial charge is 0.431 e. The Morgan fingerprint density at radius 3 is 2.55 bits per heavy atom. The molecule has 7 atom stereocenters. The molecule has 1 aliphatic heterocycles. The molecule has 0 saturated heterocycles. The minimum atomic E-state index is -0.348. The lowest BCUT2D eigenvalue weighted by atomic mass is 9.54. The van der Waals surface area contributed by atoms with Gasteiger partial charge in [0.15, 0.2) is 0 Å². The van der Waals surface area contributed by atoms with Crippen LogP contribution in [-0.2, 0) is 9.53 Å². The summed E-state index contributed by atoms with van der Waals surface area (Å²) in [5.41, 5.74) is 1.62. The first-order valence-electron chi connectivity index (χ1n) is 12.3. The number of carbonyl (C=O) groups excluding carboxylic acids is 1. The maximum Gasteiger partial charge on any atom is 0.315 e. The van der Waals surface area contributed by atoms with Crippen LogP contribution in [0.5, 0.6) is 0 Å². The van der Waals surface area contributed by atoms with E-state index in [1.54, 1.807) is 0 Å². The van der Waals surface area contributed by atoms with Crippen molar-refractivity contribution in [1.82, 2.24) is 0 Å². The van der Waals surface area contributed by atoms with E-state index in [1.165, 1.54) is 44.1 Å². The van der Waals surface area contributed by atoms with Crippen LogP contribution in [-0.4, -0.2) is 17.2 Å². The molecule has 29 heavy (non-hydrogen) atoms. The highest BCUT2D eigenvalue weighted by atomic mass is 16.5. The summed E-state index contributed by atoms with van der Waals surface area (Å²) in [5.74, 6) is 3.54. The number of aliphatic hydroxyl groups excluding tert-OH is 1. The summed E-state index contributed by atoms with van der Waals surface area (Å²) in [6, 6.07) is 0. The monoisotopic (exact) mass is 402 g/mol. The maximum atomic E-state index is 13.0. The van der Waals surface area contributed by atoms with Crippen molar-refractivity contribution in [1.29, 1.82) is 0 Å². The summed E-state index contributed by atoms with van der Waals surface area (Å²) in [6.45, 7) is 11.9. The molecule has 0 unspecified atom stereocenters. The number of rotatable bonds is 5. The molecule has 4 rings (SSSR count). The van der Waals surface area contributed by atoms with Gasteiger partial charge in [0.1, 0.15) is 5.76 Å². The van der Waals surface area contributed by atoms with Crippen molar-refractivity contribution in [3.8, 4) is 0 Å². The van der Waals surface area contributed by atoms with Crippen LogP contribution in [0.4, 0.5) is 0 Å². The fourth-order valence-electron chi connectivity index (χ4n) is 7.65. The van der Waals surface area contributed by atoms with Crippen LogP contribution in [0.25, 0.3) is 0 Å². The molecule has 3 heteroatoms. The van der Waals surface area contributed by atoms with E-state index in [2.05, 4.69) is 34.6 Å². The van der Waals surface area contributed by atoms with Gasteiger partial charge < -0.3 is 9.84 Å². The zero-order chi connectivity index (χ0) is 21.0. The Kier molecular flexibility index (Phi) is 5.68. The van der Waals surface area contributed by atoms with Crippen LogP contribution in [0.1, 0.15) is 98.8 Å². The van der Waals surface area contributed by atoms with Crippen molar-refractivity contribution < 1.29 is 14.6 Å². The van der Waals surface area contributed by atoms with Gasteiger partial charge in [0, 0.05) is 11.3 Å². The number of hydrogen-bond acceptors (Lipinski definition) is 3. The quantitative estimate of drug-likeness (QED) is 0.553. The fraction of sp³-hybridized carbons (Fsp3) is 0.885. The van der Waals surface area contributed by atoms with Gasteiger partial charge in [-0.25, -0.2) is 0 Å². The first kappa shape index (κ1) is 21.4. The van der Waals surface area contributed by atoms with Gasteiger partial charge in [0.05, 0.1) is 12.0 Å². The van der Waals surface area contributed by atoms with E-state index < -0.39 is 0 Å². The number of allylic oxidation sites excluding steroid dienone is 2. The molecule has 4 aliphatic rings. The van der Waals surface area contributed by atoms with Crippen LogP contribution in [0.2, 0.25) is 0 Å². The van der Waals surface area contributed by atoms with Crippen LogP contribution in [0.3, 0.4) is 0 Å². The zero-order valence-corrected chi connectivity index (χ0v) is 19.3. The Bertz CT molecular complexity index is 679. The molecule has 2 saturated carbocycles. The highest BCUT2D eigenvalue weighted by molar-refractivity contribution is 5.77. The minimum absolute atomic E-state index is 0.0670. The topological polar surface area (TPSA) is 46.5 Å². The molecule has 0 bridgehead atoms. The average Bonchev–Trinajstić information content (AvgIpc) is 3.00. The van der Waals surface area contributed by atoms with E-state index in [4.69, 9.17) is 4.74 Å². The van der Waals surface area contributed by atoms with Gasteiger partial charge in [-0.3, -0.25) is 4.79 Å². The summed E-state index contributed by atoms with van der Waals surface area (Å²) in [6.07, 6.45) is 10.7. The molecule has 0 amide bonds. The first-order valence-corrected chi connectivity index (χ1v) is 12.3. The number of hydrogen-bond donors (Lipinski definition) is 1. The van der Waals surface area contributed by atoms with E-state index in [-0.39, 0.29) is 28.8 Å². The molecule has 0 aromatic carbocycles. The molecule has 0 aromatic heterocycles. The predicted molar refractivity (Wildman–Crippen MR) is 116 cm³/mol. The molecule has 0 radical (unpaired) electrons. The molecular formula is C26H42O3. The van der Waals surface area contributed by atoms with Crippen LogP contribution >= 0.6 is 0 Å². The Balaban J connectivity index is 1.57. The number of ether oxygens (including phenoxy) is 1. The maximum absolute atomic E-state index is 13.0. The first-order chi connectivity index (χ1) is 13.7. The van der Waals surface area contributed by atoms with Gasteiger partial charge in [-0.1, -0.05) is 53.9 Å². The second-order valence-electron chi connectivity index (χ2n) is 11.7. The van der Waals surface area contributed by atoms with Gasteiger partial charge in [-0.2, -0.15) is 0 Å². The van der Waals surface area contributed by atoms with Gasteiger partial charge >= 0.3 is 5.97 Å². The lowest BCUT2D eigenvalue weighted by molar-refractivity contribution is -0.159. The lowest BCUT2D eigenvalue weighted by Gasteiger charge is -2.53. The molecule has 1 N–H and O–H groups in total. The van der Waals surface area contributed by atoms with Crippen LogP contribution in [0.15, 0.2) is 11.3 Å². The summed E-state index contributed by atoms with van der Waals surface area (Å²) >= 11 is 0. The SMILES string of the molecule is CC(C)CCC[C@@H](C)[C@H]1CC[C@H]2C3=C(CC[C@]12C)[C@@]1(C)CC[C@@H](O)C[C@@H]1C(=O)O3. The van der Waals surface area contributed by atoms with Crippen molar-refractivity contribution in [2.24, 2.45) is 40.4 Å². The number of esters is 1. The van der Waals surface area contributed by atoms with Crippen molar-refractivity contribution in [2.75, 3.05) is 0 Å². The lowest BCUT2D eigenvalue weighted by Crippen LogP contribution is -2.50. The third kappa shape index (κ3) is 3.50. The summed E-state index contributed by atoms with van der Waals surface area (Å²) in [5, 5.41) is 10.1. The normalized spacial score (nSPS) is 42.9. The van der Waals surface area contributed by atoms with Gasteiger partial charge in [0.2, 0.25) is 0 Å². The molecule has 0 aromatic rings. The number of carbonyl (C=O) groups is 1. The fourth-order valence-corrected chi connectivity index (χ4v) is 7.65. The van der Waals surface area contributed by atoms with Gasteiger partial charge in [-0.05, 0) is 73.7 Å². The summed E-state index contributed by atoms with van der Waals surface area (Å²) < 4.78 is 6.12. The summed E-state index contributed by atoms with van der Waals surface area (Å²) in [4.78, 5) is 13.0. The van der Waals surface area contributed by atoms with E-state index in [9.17, 15) is 9.90 Å². The number of fused-ring (bicyclic) bond motifs is 4. The van der Waals surface area contributed by atoms with Crippen molar-refractivity contribution in [2.45, 2.75) is 105 Å². The van der Waals surface area contributed by atoms with E-state index >= 15 is 0 Å².